The van der Waals surface area contributed by atoms with E-state index in [0.29, 0.717) is 12.2 Å². The van der Waals surface area contributed by atoms with Crippen LogP contribution in [-0.4, -0.2) is 12.2 Å². The Morgan fingerprint density at radius 1 is 0.533 bits per heavy atom. The molecular formula is C14H24O. The van der Waals surface area contributed by atoms with Crippen molar-refractivity contribution in [2.75, 3.05) is 0 Å². The number of rotatable bonds is 2. The molecule has 1 aliphatic heterocycles. The van der Waals surface area contributed by atoms with Gasteiger partial charge in [0.15, 0.2) is 0 Å². The highest BCUT2D eigenvalue weighted by molar-refractivity contribution is 4.96. The second-order valence-corrected chi connectivity index (χ2v) is 5.86. The predicted octanol–water partition coefficient (Wildman–Crippen LogP) is 3.91. The van der Waals surface area contributed by atoms with Gasteiger partial charge in [0.1, 0.15) is 0 Å². The Hall–Kier alpha value is -0.0400. The van der Waals surface area contributed by atoms with E-state index in [4.69, 9.17) is 4.74 Å². The van der Waals surface area contributed by atoms with E-state index in [9.17, 15) is 0 Å². The number of hydrogen-bond acceptors (Lipinski definition) is 1. The van der Waals surface area contributed by atoms with E-state index < -0.39 is 0 Å². The first-order valence-electron chi connectivity index (χ1n) is 7.10. The minimum absolute atomic E-state index is 0.688. The van der Waals surface area contributed by atoms with Crippen molar-refractivity contribution in [3.8, 4) is 0 Å². The summed E-state index contributed by atoms with van der Waals surface area (Å²) in [6, 6.07) is 0. The maximum absolute atomic E-state index is 6.00. The highest BCUT2D eigenvalue weighted by atomic mass is 16.6. The van der Waals surface area contributed by atoms with Crippen molar-refractivity contribution in [2.45, 2.75) is 76.4 Å². The van der Waals surface area contributed by atoms with Crippen LogP contribution in [0.25, 0.3) is 0 Å². The van der Waals surface area contributed by atoms with Gasteiger partial charge in [0.25, 0.3) is 0 Å². The third-order valence-electron chi connectivity index (χ3n) is 4.79. The van der Waals surface area contributed by atoms with Crippen LogP contribution in [0.15, 0.2) is 0 Å². The Morgan fingerprint density at radius 3 is 1.33 bits per heavy atom. The third kappa shape index (κ3) is 2.22. The molecule has 1 heterocycles. The van der Waals surface area contributed by atoms with Gasteiger partial charge in [-0.3, -0.25) is 0 Å². The molecule has 0 aromatic rings. The molecule has 0 aromatic carbocycles. The van der Waals surface area contributed by atoms with E-state index in [0.717, 1.165) is 11.8 Å². The highest BCUT2D eigenvalue weighted by Gasteiger charge is 2.48. The number of ether oxygens (including phenoxy) is 1. The second kappa shape index (κ2) is 4.45. The van der Waals surface area contributed by atoms with Crippen molar-refractivity contribution < 1.29 is 4.74 Å². The summed E-state index contributed by atoms with van der Waals surface area (Å²) in [5, 5.41) is 0. The van der Waals surface area contributed by atoms with E-state index in [-0.39, 0.29) is 0 Å². The van der Waals surface area contributed by atoms with E-state index >= 15 is 0 Å². The van der Waals surface area contributed by atoms with Gasteiger partial charge in [0.2, 0.25) is 0 Å². The fraction of sp³-hybridized carbons (Fsp3) is 1.00. The van der Waals surface area contributed by atoms with E-state index in [2.05, 4.69) is 0 Å². The van der Waals surface area contributed by atoms with Crippen LogP contribution in [0.1, 0.15) is 64.2 Å². The van der Waals surface area contributed by atoms with E-state index in [1.165, 1.54) is 64.2 Å². The predicted molar refractivity (Wildman–Crippen MR) is 61.8 cm³/mol. The highest BCUT2D eigenvalue weighted by Crippen LogP contribution is 2.45. The summed E-state index contributed by atoms with van der Waals surface area (Å²) in [7, 11) is 0. The Balaban J connectivity index is 1.49. The van der Waals surface area contributed by atoms with Crippen molar-refractivity contribution >= 4 is 0 Å². The first-order chi connectivity index (χ1) is 7.45. The zero-order chi connectivity index (χ0) is 10.1. The van der Waals surface area contributed by atoms with Crippen LogP contribution in [0.4, 0.5) is 0 Å². The molecule has 2 aliphatic carbocycles. The molecule has 86 valence electrons. The van der Waals surface area contributed by atoms with E-state index in [1.54, 1.807) is 0 Å². The summed E-state index contributed by atoms with van der Waals surface area (Å²) < 4.78 is 6.00. The summed E-state index contributed by atoms with van der Waals surface area (Å²) in [4.78, 5) is 0. The molecule has 1 saturated heterocycles. The Morgan fingerprint density at radius 2 is 0.933 bits per heavy atom. The molecule has 3 fully saturated rings. The number of hydrogen-bond donors (Lipinski definition) is 0. The third-order valence-corrected chi connectivity index (χ3v) is 4.79. The lowest BCUT2D eigenvalue weighted by molar-refractivity contribution is 0.241. The van der Waals surface area contributed by atoms with Gasteiger partial charge in [0.05, 0.1) is 12.2 Å². The fourth-order valence-electron chi connectivity index (χ4n) is 3.82. The molecule has 3 rings (SSSR count). The molecule has 0 amide bonds. The van der Waals surface area contributed by atoms with Gasteiger partial charge in [-0.15, -0.1) is 0 Å². The average molecular weight is 208 g/mol. The Labute approximate surface area is 93.6 Å². The maximum Gasteiger partial charge on any atom is 0.0872 e. The smallest absolute Gasteiger partial charge is 0.0872 e. The normalized spacial score (nSPS) is 39.2. The van der Waals surface area contributed by atoms with Crippen LogP contribution in [-0.2, 0) is 4.74 Å². The molecule has 1 heteroatoms. The van der Waals surface area contributed by atoms with E-state index in [1.807, 2.05) is 0 Å². The van der Waals surface area contributed by atoms with Gasteiger partial charge < -0.3 is 4.74 Å². The van der Waals surface area contributed by atoms with Crippen LogP contribution in [0, 0.1) is 11.8 Å². The first kappa shape index (κ1) is 10.1. The molecule has 0 spiro atoms. The van der Waals surface area contributed by atoms with Crippen LogP contribution < -0.4 is 0 Å². The topological polar surface area (TPSA) is 12.5 Å². The Bertz CT molecular complexity index is 179. The molecular weight excluding hydrogens is 184 g/mol. The molecule has 0 radical (unpaired) electrons. The largest absolute Gasteiger partial charge is 0.369 e. The summed E-state index contributed by atoms with van der Waals surface area (Å²) in [5.74, 6) is 1.87. The molecule has 2 atom stereocenters. The van der Waals surface area contributed by atoms with Crippen LogP contribution in [0.2, 0.25) is 0 Å². The van der Waals surface area contributed by atoms with Gasteiger partial charge in [0, 0.05) is 0 Å². The zero-order valence-electron chi connectivity index (χ0n) is 9.79. The monoisotopic (exact) mass is 208 g/mol. The summed E-state index contributed by atoms with van der Waals surface area (Å²) in [6.07, 6.45) is 16.0. The maximum atomic E-state index is 6.00. The lowest BCUT2D eigenvalue weighted by Gasteiger charge is -2.22. The molecule has 3 aliphatic rings. The molecule has 0 N–H and O–H groups in total. The lowest BCUT2D eigenvalue weighted by atomic mass is 9.80. The summed E-state index contributed by atoms with van der Waals surface area (Å²) in [5.41, 5.74) is 0. The fourth-order valence-corrected chi connectivity index (χ4v) is 3.82. The summed E-state index contributed by atoms with van der Waals surface area (Å²) in [6.45, 7) is 0. The average Bonchev–Trinajstić information content (AvgIpc) is 3.11. The minimum Gasteiger partial charge on any atom is -0.369 e. The molecule has 15 heavy (non-hydrogen) atoms. The quantitative estimate of drug-likeness (QED) is 0.627. The first-order valence-corrected chi connectivity index (χ1v) is 7.10. The second-order valence-electron chi connectivity index (χ2n) is 5.86. The molecule has 2 unspecified atom stereocenters. The van der Waals surface area contributed by atoms with Crippen LogP contribution in [0.3, 0.4) is 0 Å². The van der Waals surface area contributed by atoms with Crippen molar-refractivity contribution in [1.29, 1.82) is 0 Å². The van der Waals surface area contributed by atoms with Gasteiger partial charge in [-0.25, -0.2) is 0 Å². The Kier molecular flexibility index (Phi) is 3.01. The SMILES string of the molecule is C1CCC(C2OC2C2CCCCC2)CC1. The summed E-state index contributed by atoms with van der Waals surface area (Å²) >= 11 is 0. The van der Waals surface area contributed by atoms with Gasteiger partial charge in [-0.2, -0.15) is 0 Å². The minimum atomic E-state index is 0.688. The van der Waals surface area contributed by atoms with Gasteiger partial charge >= 0.3 is 0 Å². The van der Waals surface area contributed by atoms with Crippen molar-refractivity contribution in [2.24, 2.45) is 11.8 Å². The molecule has 1 nitrogen and oxygen atoms in total. The van der Waals surface area contributed by atoms with Crippen LogP contribution in [0.5, 0.6) is 0 Å². The van der Waals surface area contributed by atoms with Crippen molar-refractivity contribution in [3.63, 3.8) is 0 Å². The molecule has 2 saturated carbocycles. The van der Waals surface area contributed by atoms with Crippen molar-refractivity contribution in [1.82, 2.24) is 0 Å². The lowest BCUT2D eigenvalue weighted by Crippen LogP contribution is -2.20. The zero-order valence-corrected chi connectivity index (χ0v) is 9.79. The number of epoxide rings is 1. The van der Waals surface area contributed by atoms with Gasteiger partial charge in [-0.05, 0) is 37.5 Å². The molecule has 0 bridgehead atoms. The standard InChI is InChI=1S/C14H24O/c1-3-7-11(8-4-1)13-14(15-13)12-9-5-2-6-10-12/h11-14H,1-10H2. The molecule has 0 aromatic heterocycles. The van der Waals surface area contributed by atoms with Crippen LogP contribution >= 0.6 is 0 Å². The van der Waals surface area contributed by atoms with Gasteiger partial charge in [-0.1, -0.05) is 38.5 Å². The van der Waals surface area contributed by atoms with Crippen molar-refractivity contribution in [3.05, 3.63) is 0 Å².